The highest BCUT2D eigenvalue weighted by atomic mass is 16.5. The molecule has 5 heteroatoms. The highest BCUT2D eigenvalue weighted by Gasteiger charge is 2.30. The van der Waals surface area contributed by atoms with Gasteiger partial charge in [0.1, 0.15) is 5.54 Å². The minimum Gasteiger partial charge on any atom is -0.465 e. The van der Waals surface area contributed by atoms with Crippen molar-refractivity contribution in [2.75, 3.05) is 39.3 Å². The molecule has 1 saturated heterocycles. The van der Waals surface area contributed by atoms with Gasteiger partial charge in [-0.25, -0.2) is 0 Å². The zero-order chi connectivity index (χ0) is 14.3. The van der Waals surface area contributed by atoms with E-state index >= 15 is 0 Å². The van der Waals surface area contributed by atoms with E-state index < -0.39 is 5.54 Å². The zero-order valence-corrected chi connectivity index (χ0v) is 12.3. The van der Waals surface area contributed by atoms with Gasteiger partial charge in [-0.1, -0.05) is 13.3 Å². The number of piperazine rings is 1. The normalized spacial score (nSPS) is 18.0. The Morgan fingerprint density at radius 2 is 1.95 bits per heavy atom. The SMILES string of the molecule is CCCCOC(=O)CN1CCN(C(C)(C)C#N)CC1. The van der Waals surface area contributed by atoms with Crippen molar-refractivity contribution in [3.05, 3.63) is 0 Å². The van der Waals surface area contributed by atoms with Crippen molar-refractivity contribution in [2.24, 2.45) is 0 Å². The number of hydrogen-bond donors (Lipinski definition) is 0. The molecule has 0 unspecified atom stereocenters. The van der Waals surface area contributed by atoms with Crippen LogP contribution in [0.4, 0.5) is 0 Å². The summed E-state index contributed by atoms with van der Waals surface area (Å²) in [5.41, 5.74) is -0.423. The Balaban J connectivity index is 2.27. The lowest BCUT2D eigenvalue weighted by molar-refractivity contribution is -0.145. The maximum absolute atomic E-state index is 11.6. The predicted octanol–water partition coefficient (Wildman–Crippen LogP) is 1.25. The van der Waals surface area contributed by atoms with Crippen LogP contribution in [0.15, 0.2) is 0 Å². The van der Waals surface area contributed by atoms with Gasteiger partial charge in [0.05, 0.1) is 19.2 Å². The third-order valence-corrected chi connectivity index (χ3v) is 3.55. The van der Waals surface area contributed by atoms with Gasteiger partial charge in [0.2, 0.25) is 0 Å². The number of unbranched alkanes of at least 4 members (excludes halogenated alkanes) is 1. The summed E-state index contributed by atoms with van der Waals surface area (Å²) in [4.78, 5) is 15.8. The molecule has 0 aliphatic carbocycles. The van der Waals surface area contributed by atoms with Crippen molar-refractivity contribution < 1.29 is 9.53 Å². The first-order chi connectivity index (χ1) is 8.99. The number of nitrogens with zero attached hydrogens (tertiary/aromatic N) is 3. The van der Waals surface area contributed by atoms with Crippen LogP contribution in [0.2, 0.25) is 0 Å². The Morgan fingerprint density at radius 3 is 2.47 bits per heavy atom. The summed E-state index contributed by atoms with van der Waals surface area (Å²) in [6, 6.07) is 2.32. The summed E-state index contributed by atoms with van der Waals surface area (Å²) in [5.74, 6) is -0.138. The molecule has 0 amide bonds. The Labute approximate surface area is 116 Å². The van der Waals surface area contributed by atoms with E-state index in [1.165, 1.54) is 0 Å². The Kier molecular flexibility index (Phi) is 6.26. The molecule has 0 aromatic carbocycles. The molecule has 0 aromatic heterocycles. The van der Waals surface area contributed by atoms with Crippen molar-refractivity contribution in [3.63, 3.8) is 0 Å². The molecular formula is C14H25N3O2. The molecule has 19 heavy (non-hydrogen) atoms. The Bertz CT molecular complexity index is 328. The van der Waals surface area contributed by atoms with Crippen LogP contribution in [0.3, 0.4) is 0 Å². The lowest BCUT2D eigenvalue weighted by Crippen LogP contribution is -2.54. The van der Waals surface area contributed by atoms with E-state index in [9.17, 15) is 4.79 Å². The molecule has 1 rings (SSSR count). The maximum atomic E-state index is 11.6. The second-order valence-electron chi connectivity index (χ2n) is 5.51. The second kappa shape index (κ2) is 7.46. The molecule has 0 spiro atoms. The van der Waals surface area contributed by atoms with Crippen LogP contribution in [0, 0.1) is 11.3 Å². The van der Waals surface area contributed by atoms with Gasteiger partial charge in [-0.2, -0.15) is 5.26 Å². The van der Waals surface area contributed by atoms with Gasteiger partial charge in [0.25, 0.3) is 0 Å². The number of carbonyl (C=O) groups is 1. The Hall–Kier alpha value is -1.12. The first-order valence-electron chi connectivity index (χ1n) is 7.04. The van der Waals surface area contributed by atoms with Crippen LogP contribution in [0.5, 0.6) is 0 Å². The number of esters is 1. The van der Waals surface area contributed by atoms with E-state index in [0.717, 1.165) is 39.0 Å². The van der Waals surface area contributed by atoms with Gasteiger partial charge < -0.3 is 4.74 Å². The highest BCUT2D eigenvalue weighted by Crippen LogP contribution is 2.15. The van der Waals surface area contributed by atoms with Gasteiger partial charge in [-0.15, -0.1) is 0 Å². The monoisotopic (exact) mass is 267 g/mol. The van der Waals surface area contributed by atoms with E-state index in [1.54, 1.807) is 0 Å². The van der Waals surface area contributed by atoms with Crippen LogP contribution in [-0.2, 0) is 9.53 Å². The van der Waals surface area contributed by atoms with Gasteiger partial charge >= 0.3 is 5.97 Å². The molecule has 1 aliphatic heterocycles. The fourth-order valence-electron chi connectivity index (χ4n) is 2.09. The van der Waals surface area contributed by atoms with Gasteiger partial charge in [-0.3, -0.25) is 14.6 Å². The lowest BCUT2D eigenvalue weighted by Gasteiger charge is -2.40. The molecule has 1 fully saturated rings. The number of hydrogen-bond acceptors (Lipinski definition) is 5. The topological polar surface area (TPSA) is 56.6 Å². The molecule has 0 radical (unpaired) electrons. The minimum absolute atomic E-state index is 0.138. The molecule has 5 nitrogen and oxygen atoms in total. The summed E-state index contributed by atoms with van der Waals surface area (Å²) in [6.07, 6.45) is 1.96. The van der Waals surface area contributed by atoms with Crippen molar-refractivity contribution >= 4 is 5.97 Å². The summed E-state index contributed by atoms with van der Waals surface area (Å²) in [6.45, 7) is 10.1. The summed E-state index contributed by atoms with van der Waals surface area (Å²) >= 11 is 0. The van der Waals surface area contributed by atoms with E-state index in [2.05, 4.69) is 22.8 Å². The third-order valence-electron chi connectivity index (χ3n) is 3.55. The average Bonchev–Trinajstić information content (AvgIpc) is 2.39. The van der Waals surface area contributed by atoms with Gasteiger partial charge in [-0.05, 0) is 20.3 Å². The van der Waals surface area contributed by atoms with Crippen molar-refractivity contribution in [2.45, 2.75) is 39.2 Å². The van der Waals surface area contributed by atoms with Gasteiger partial charge in [0.15, 0.2) is 0 Å². The van der Waals surface area contributed by atoms with Crippen LogP contribution in [0.25, 0.3) is 0 Å². The number of rotatable bonds is 6. The number of ether oxygens (including phenoxy) is 1. The fraction of sp³-hybridized carbons (Fsp3) is 0.857. The molecular weight excluding hydrogens is 242 g/mol. The number of nitriles is 1. The smallest absolute Gasteiger partial charge is 0.320 e. The zero-order valence-electron chi connectivity index (χ0n) is 12.3. The molecule has 1 aliphatic rings. The maximum Gasteiger partial charge on any atom is 0.320 e. The molecule has 108 valence electrons. The predicted molar refractivity (Wildman–Crippen MR) is 73.6 cm³/mol. The first-order valence-corrected chi connectivity index (χ1v) is 7.04. The third kappa shape index (κ3) is 5.17. The molecule has 0 bridgehead atoms. The summed E-state index contributed by atoms with van der Waals surface area (Å²) < 4.78 is 5.15. The molecule has 0 N–H and O–H groups in total. The molecule has 1 heterocycles. The number of carbonyl (C=O) groups excluding carboxylic acids is 1. The quantitative estimate of drug-likeness (QED) is 0.535. The minimum atomic E-state index is -0.423. The molecule has 0 saturated carbocycles. The summed E-state index contributed by atoms with van der Waals surface area (Å²) in [7, 11) is 0. The largest absolute Gasteiger partial charge is 0.465 e. The average molecular weight is 267 g/mol. The van der Waals surface area contributed by atoms with E-state index in [4.69, 9.17) is 10.00 Å². The Morgan fingerprint density at radius 1 is 1.32 bits per heavy atom. The van der Waals surface area contributed by atoms with Crippen LogP contribution in [-0.4, -0.2) is 60.6 Å². The van der Waals surface area contributed by atoms with Crippen molar-refractivity contribution in [3.8, 4) is 6.07 Å². The van der Waals surface area contributed by atoms with E-state index in [1.807, 2.05) is 13.8 Å². The summed E-state index contributed by atoms with van der Waals surface area (Å²) in [5, 5.41) is 9.10. The van der Waals surface area contributed by atoms with Crippen LogP contribution >= 0.6 is 0 Å². The van der Waals surface area contributed by atoms with Crippen LogP contribution < -0.4 is 0 Å². The molecule has 0 aromatic rings. The highest BCUT2D eigenvalue weighted by molar-refractivity contribution is 5.71. The van der Waals surface area contributed by atoms with Crippen LogP contribution in [0.1, 0.15) is 33.6 Å². The van der Waals surface area contributed by atoms with Crippen molar-refractivity contribution in [1.29, 1.82) is 5.26 Å². The standard InChI is InChI=1S/C14H25N3O2/c1-4-5-10-19-13(18)11-16-6-8-17(9-7-16)14(2,3)12-15/h4-11H2,1-3H3. The lowest BCUT2D eigenvalue weighted by atomic mass is 10.0. The first kappa shape index (κ1) is 15.9. The molecule has 0 atom stereocenters. The fourth-order valence-corrected chi connectivity index (χ4v) is 2.09. The van der Waals surface area contributed by atoms with E-state index in [-0.39, 0.29) is 5.97 Å². The van der Waals surface area contributed by atoms with Gasteiger partial charge in [0, 0.05) is 26.2 Å². The second-order valence-corrected chi connectivity index (χ2v) is 5.51. The van der Waals surface area contributed by atoms with Crippen molar-refractivity contribution in [1.82, 2.24) is 9.80 Å². The van der Waals surface area contributed by atoms with E-state index in [0.29, 0.717) is 13.2 Å².